The summed E-state index contributed by atoms with van der Waals surface area (Å²) in [5.74, 6) is 1.45. The molecule has 0 bridgehead atoms. The van der Waals surface area contributed by atoms with E-state index in [9.17, 15) is 13.2 Å². The molecule has 0 fully saturated rings. The average Bonchev–Trinajstić information content (AvgIpc) is 2.63. The first-order chi connectivity index (χ1) is 12.8. The minimum atomic E-state index is -4.33. The molecule has 0 saturated heterocycles. The van der Waals surface area contributed by atoms with Crippen molar-refractivity contribution in [2.75, 3.05) is 25.5 Å². The van der Waals surface area contributed by atoms with Gasteiger partial charge in [-0.3, -0.25) is 0 Å². The van der Waals surface area contributed by atoms with Crippen molar-refractivity contribution in [2.45, 2.75) is 26.2 Å². The molecular weight excluding hydrogens is 482 g/mol. The van der Waals surface area contributed by atoms with Crippen LogP contribution in [-0.2, 0) is 19.3 Å². The molecule has 0 amide bonds. The monoisotopic (exact) mass is 507 g/mol. The lowest BCUT2D eigenvalue weighted by molar-refractivity contribution is -0.137. The molecule has 9 heteroatoms. The van der Waals surface area contributed by atoms with Crippen LogP contribution in [0.15, 0.2) is 47.6 Å². The quantitative estimate of drug-likeness (QED) is 0.352. The van der Waals surface area contributed by atoms with Crippen LogP contribution in [0.1, 0.15) is 23.6 Å². The highest BCUT2D eigenvalue weighted by molar-refractivity contribution is 14.0. The number of guanidine groups is 1. The summed E-state index contributed by atoms with van der Waals surface area (Å²) in [7, 11) is 3.85. The van der Waals surface area contributed by atoms with Gasteiger partial charge >= 0.3 is 6.18 Å². The van der Waals surface area contributed by atoms with Gasteiger partial charge in [-0.05, 0) is 30.7 Å². The van der Waals surface area contributed by atoms with E-state index in [0.29, 0.717) is 24.6 Å². The van der Waals surface area contributed by atoms with E-state index in [1.54, 1.807) is 6.20 Å². The molecule has 2 N–H and O–H groups in total. The average molecular weight is 507 g/mol. The molecule has 0 aliphatic rings. The predicted octanol–water partition coefficient (Wildman–Crippen LogP) is 4.04. The molecule has 1 aromatic carbocycles. The lowest BCUT2D eigenvalue weighted by Crippen LogP contribution is -2.37. The smallest absolute Gasteiger partial charge is 0.362 e. The van der Waals surface area contributed by atoms with Gasteiger partial charge < -0.3 is 15.5 Å². The number of aliphatic imine (C=N–C) groups is 1. The van der Waals surface area contributed by atoms with Gasteiger partial charge in [0.1, 0.15) is 5.82 Å². The summed E-state index contributed by atoms with van der Waals surface area (Å²) in [6.45, 7) is 3.43. The molecule has 0 radical (unpaired) electrons. The van der Waals surface area contributed by atoms with Crippen LogP contribution < -0.4 is 15.5 Å². The fourth-order valence-corrected chi connectivity index (χ4v) is 2.46. The molecular formula is C19H25F3IN5. The van der Waals surface area contributed by atoms with E-state index in [4.69, 9.17) is 0 Å². The Labute approximate surface area is 180 Å². The minimum Gasteiger partial charge on any atom is -0.362 e. The Bertz CT molecular complexity index is 761. The topological polar surface area (TPSA) is 52.6 Å². The number of halogens is 4. The van der Waals surface area contributed by atoms with Crippen LogP contribution in [-0.4, -0.2) is 31.6 Å². The zero-order valence-corrected chi connectivity index (χ0v) is 18.4. The standard InChI is InChI=1S/C19H24F3N5.HI/c1-4-23-18(26-13-15-6-5-11-24-17(15)27(2)3)25-12-14-7-9-16(10-8-14)19(20,21)22;/h5-11H,4,12-13H2,1-3H3,(H2,23,25,26);1H. The second kappa shape index (κ2) is 11.1. The summed E-state index contributed by atoms with van der Waals surface area (Å²) in [6, 6.07) is 8.89. The van der Waals surface area contributed by atoms with E-state index in [-0.39, 0.29) is 30.5 Å². The summed E-state index contributed by atoms with van der Waals surface area (Å²) in [6.07, 6.45) is -2.59. The molecule has 1 heterocycles. The van der Waals surface area contributed by atoms with E-state index >= 15 is 0 Å². The van der Waals surface area contributed by atoms with Crippen molar-refractivity contribution in [3.8, 4) is 0 Å². The van der Waals surface area contributed by atoms with E-state index in [0.717, 1.165) is 23.5 Å². The highest BCUT2D eigenvalue weighted by Gasteiger charge is 2.29. The Kier molecular flexibility index (Phi) is 9.50. The second-order valence-corrected chi connectivity index (χ2v) is 6.12. The summed E-state index contributed by atoms with van der Waals surface area (Å²) in [5, 5.41) is 6.36. The Hall–Kier alpha value is -2.04. The van der Waals surface area contributed by atoms with Gasteiger partial charge in [-0.15, -0.1) is 24.0 Å². The van der Waals surface area contributed by atoms with Gasteiger partial charge in [0, 0.05) is 38.9 Å². The molecule has 2 aromatic rings. The number of benzene rings is 1. The first kappa shape index (κ1) is 24.0. The maximum Gasteiger partial charge on any atom is 0.416 e. The Morgan fingerprint density at radius 2 is 1.79 bits per heavy atom. The SMILES string of the molecule is CCNC(=NCc1ccc(C(F)(F)F)cc1)NCc1cccnc1N(C)C.I. The highest BCUT2D eigenvalue weighted by atomic mass is 127. The number of alkyl halides is 3. The van der Waals surface area contributed by atoms with Crippen molar-refractivity contribution in [1.82, 2.24) is 15.6 Å². The normalized spacial score (nSPS) is 11.6. The number of rotatable bonds is 6. The third-order valence-electron chi connectivity index (χ3n) is 3.78. The van der Waals surface area contributed by atoms with E-state index < -0.39 is 11.7 Å². The Morgan fingerprint density at radius 3 is 2.36 bits per heavy atom. The highest BCUT2D eigenvalue weighted by Crippen LogP contribution is 2.29. The number of nitrogens with zero attached hydrogens (tertiary/aromatic N) is 3. The van der Waals surface area contributed by atoms with Crippen LogP contribution in [0, 0.1) is 0 Å². The molecule has 0 atom stereocenters. The minimum absolute atomic E-state index is 0. The maximum absolute atomic E-state index is 12.6. The number of anilines is 1. The number of aromatic nitrogens is 1. The van der Waals surface area contributed by atoms with Gasteiger partial charge in [-0.1, -0.05) is 18.2 Å². The summed E-state index contributed by atoms with van der Waals surface area (Å²) < 4.78 is 37.9. The molecule has 1 aromatic heterocycles. The van der Waals surface area contributed by atoms with Crippen LogP contribution >= 0.6 is 24.0 Å². The second-order valence-electron chi connectivity index (χ2n) is 6.12. The molecule has 0 aliphatic carbocycles. The zero-order valence-electron chi connectivity index (χ0n) is 16.0. The molecule has 2 rings (SSSR count). The lowest BCUT2D eigenvalue weighted by atomic mass is 10.1. The molecule has 0 unspecified atom stereocenters. The van der Waals surface area contributed by atoms with Crippen molar-refractivity contribution >= 4 is 35.8 Å². The Morgan fingerprint density at radius 1 is 1.11 bits per heavy atom. The summed E-state index contributed by atoms with van der Waals surface area (Å²) >= 11 is 0. The van der Waals surface area contributed by atoms with Crippen molar-refractivity contribution in [2.24, 2.45) is 4.99 Å². The van der Waals surface area contributed by atoms with E-state index in [1.807, 2.05) is 38.1 Å². The van der Waals surface area contributed by atoms with Gasteiger partial charge in [0.2, 0.25) is 0 Å². The van der Waals surface area contributed by atoms with Crippen molar-refractivity contribution in [1.29, 1.82) is 0 Å². The lowest BCUT2D eigenvalue weighted by Gasteiger charge is -2.17. The third kappa shape index (κ3) is 7.17. The van der Waals surface area contributed by atoms with Crippen molar-refractivity contribution in [3.63, 3.8) is 0 Å². The van der Waals surface area contributed by atoms with Gasteiger partial charge in [-0.2, -0.15) is 13.2 Å². The van der Waals surface area contributed by atoms with Crippen LogP contribution in [0.3, 0.4) is 0 Å². The Balaban J connectivity index is 0.00000392. The maximum atomic E-state index is 12.6. The third-order valence-corrected chi connectivity index (χ3v) is 3.78. The van der Waals surface area contributed by atoms with E-state index in [1.165, 1.54) is 12.1 Å². The van der Waals surface area contributed by atoms with Crippen LogP contribution in [0.4, 0.5) is 19.0 Å². The van der Waals surface area contributed by atoms with Gasteiger partial charge in [0.25, 0.3) is 0 Å². The zero-order chi connectivity index (χ0) is 19.9. The molecule has 0 saturated carbocycles. The van der Waals surface area contributed by atoms with Crippen molar-refractivity contribution < 1.29 is 13.2 Å². The van der Waals surface area contributed by atoms with Crippen LogP contribution in [0.5, 0.6) is 0 Å². The molecule has 5 nitrogen and oxygen atoms in total. The van der Waals surface area contributed by atoms with Crippen LogP contribution in [0.2, 0.25) is 0 Å². The number of nitrogens with one attached hydrogen (secondary N) is 2. The fraction of sp³-hybridized carbons (Fsp3) is 0.368. The summed E-state index contributed by atoms with van der Waals surface area (Å²) in [4.78, 5) is 10.7. The van der Waals surface area contributed by atoms with Gasteiger partial charge in [0.15, 0.2) is 5.96 Å². The van der Waals surface area contributed by atoms with Crippen molar-refractivity contribution in [3.05, 3.63) is 59.3 Å². The molecule has 154 valence electrons. The first-order valence-electron chi connectivity index (χ1n) is 8.60. The number of hydrogen-bond donors (Lipinski definition) is 2. The molecule has 0 aliphatic heterocycles. The first-order valence-corrected chi connectivity index (χ1v) is 8.60. The molecule has 0 spiro atoms. The van der Waals surface area contributed by atoms with Crippen LogP contribution in [0.25, 0.3) is 0 Å². The predicted molar refractivity (Wildman–Crippen MR) is 117 cm³/mol. The molecule has 28 heavy (non-hydrogen) atoms. The van der Waals surface area contributed by atoms with E-state index in [2.05, 4.69) is 20.6 Å². The van der Waals surface area contributed by atoms with Gasteiger partial charge in [-0.25, -0.2) is 9.98 Å². The summed E-state index contributed by atoms with van der Waals surface area (Å²) in [5.41, 5.74) is 1.06. The number of hydrogen-bond acceptors (Lipinski definition) is 3. The van der Waals surface area contributed by atoms with Gasteiger partial charge in [0.05, 0.1) is 12.1 Å². The fourth-order valence-electron chi connectivity index (χ4n) is 2.46. The largest absolute Gasteiger partial charge is 0.416 e. The number of pyridine rings is 1.